The molecule has 0 bridgehead atoms. The van der Waals surface area contributed by atoms with Crippen molar-refractivity contribution in [1.82, 2.24) is 0 Å². The van der Waals surface area contributed by atoms with Gasteiger partial charge in [-0.15, -0.1) is 0 Å². The molecule has 5 N–H and O–H groups in total. The molecule has 0 fully saturated rings. The smallest absolute Gasteiger partial charge is 0.307 e. The van der Waals surface area contributed by atoms with Crippen LogP contribution < -0.4 is 4.74 Å². The van der Waals surface area contributed by atoms with Crippen LogP contribution >= 0.6 is 0 Å². The summed E-state index contributed by atoms with van der Waals surface area (Å²) in [5, 5.41) is 44.0. The number of rotatable bonds is 5. The molecule has 134 valence electrons. The van der Waals surface area contributed by atoms with Crippen LogP contribution in [-0.2, 0) is 22.4 Å². The molecule has 0 aromatic heterocycles. The molecule has 0 saturated carbocycles. The quantitative estimate of drug-likeness (QED) is 0.513. The highest BCUT2D eigenvalue weighted by Crippen LogP contribution is 2.26. The summed E-state index contributed by atoms with van der Waals surface area (Å²) in [5.41, 5.74) is 1.00. The average Bonchev–Trinajstić information content (AvgIpc) is 2.51. The number of methoxy groups -OCH3 is 1. The number of aromatic hydroxyl groups is 3. The summed E-state index contributed by atoms with van der Waals surface area (Å²) in [6, 6.07) is 8.45. The Bertz CT molecular complexity index is 754. The molecule has 0 aliphatic carbocycles. The fraction of sp³-hybridized carbons (Fsp3) is 0.176. The minimum Gasteiger partial charge on any atom is -0.504 e. The maximum atomic E-state index is 10.3. The zero-order valence-corrected chi connectivity index (χ0v) is 13.3. The molecule has 0 atom stereocenters. The van der Waals surface area contributed by atoms with E-state index in [1.165, 1.54) is 37.4 Å². The fourth-order valence-electron chi connectivity index (χ4n) is 1.87. The monoisotopic (exact) mass is 350 g/mol. The molecular weight excluding hydrogens is 332 g/mol. The fourth-order valence-corrected chi connectivity index (χ4v) is 1.87. The second kappa shape index (κ2) is 9.02. The van der Waals surface area contributed by atoms with Crippen molar-refractivity contribution >= 4 is 11.9 Å². The lowest BCUT2D eigenvalue weighted by Crippen LogP contribution is -1.99. The second-order valence-corrected chi connectivity index (χ2v) is 4.97. The summed E-state index contributed by atoms with van der Waals surface area (Å²) in [6.45, 7) is 0. The van der Waals surface area contributed by atoms with E-state index in [0.717, 1.165) is 0 Å². The molecule has 0 unspecified atom stereocenters. The molecule has 8 heteroatoms. The Kier molecular flexibility index (Phi) is 7.08. The van der Waals surface area contributed by atoms with E-state index in [1.54, 1.807) is 6.07 Å². The van der Waals surface area contributed by atoms with E-state index in [9.17, 15) is 14.7 Å². The normalized spacial score (nSPS) is 9.64. The first kappa shape index (κ1) is 19.6. The van der Waals surface area contributed by atoms with E-state index in [-0.39, 0.29) is 30.1 Å². The minimum absolute atomic E-state index is 0.0405. The van der Waals surface area contributed by atoms with E-state index in [4.69, 9.17) is 25.2 Å². The third kappa shape index (κ3) is 6.69. The summed E-state index contributed by atoms with van der Waals surface area (Å²) < 4.78 is 4.81. The van der Waals surface area contributed by atoms with Crippen LogP contribution in [0.15, 0.2) is 36.4 Å². The number of aliphatic carboxylic acids is 2. The summed E-state index contributed by atoms with van der Waals surface area (Å²) in [7, 11) is 1.44. The van der Waals surface area contributed by atoms with Crippen molar-refractivity contribution in [3.63, 3.8) is 0 Å². The molecule has 0 amide bonds. The van der Waals surface area contributed by atoms with Gasteiger partial charge in [0.15, 0.2) is 23.0 Å². The number of carboxylic acids is 2. The van der Waals surface area contributed by atoms with Gasteiger partial charge in [-0.1, -0.05) is 12.1 Å². The lowest BCUT2D eigenvalue weighted by atomic mass is 10.1. The van der Waals surface area contributed by atoms with Crippen LogP contribution in [0.3, 0.4) is 0 Å². The molecule has 0 radical (unpaired) electrons. The standard InChI is InChI=1S/C9H10O4.C8H8O4/c1-13-8-3-2-6(4-7(8)10)5-9(11)12;9-6-2-1-5(3-7(6)10)4-8(11)12/h2-4,10H,5H2,1H3,(H,11,12);1-3,9-10H,4H2,(H,11,12). The van der Waals surface area contributed by atoms with Crippen molar-refractivity contribution in [2.45, 2.75) is 12.8 Å². The van der Waals surface area contributed by atoms with Gasteiger partial charge in [-0.25, -0.2) is 0 Å². The van der Waals surface area contributed by atoms with Gasteiger partial charge in [0, 0.05) is 0 Å². The first-order valence-corrected chi connectivity index (χ1v) is 7.03. The lowest BCUT2D eigenvalue weighted by molar-refractivity contribution is -0.137. The molecule has 0 aliphatic heterocycles. The van der Waals surface area contributed by atoms with Crippen LogP contribution in [0, 0.1) is 0 Å². The minimum atomic E-state index is -0.972. The van der Waals surface area contributed by atoms with E-state index in [1.807, 2.05) is 0 Å². The number of ether oxygens (including phenoxy) is 1. The predicted molar refractivity (Wildman–Crippen MR) is 87.1 cm³/mol. The molecule has 0 spiro atoms. The Morgan fingerprint density at radius 3 is 1.68 bits per heavy atom. The number of phenolic OH excluding ortho intramolecular Hbond substituents is 3. The molecule has 8 nitrogen and oxygen atoms in total. The maximum Gasteiger partial charge on any atom is 0.307 e. The van der Waals surface area contributed by atoms with E-state index < -0.39 is 11.9 Å². The van der Waals surface area contributed by atoms with Crippen LogP contribution in [0.1, 0.15) is 11.1 Å². The highest BCUT2D eigenvalue weighted by Gasteiger charge is 2.05. The van der Waals surface area contributed by atoms with Crippen LogP contribution in [0.2, 0.25) is 0 Å². The Balaban J connectivity index is 0.000000251. The van der Waals surface area contributed by atoms with Crippen LogP contribution in [-0.4, -0.2) is 44.6 Å². The summed E-state index contributed by atoms with van der Waals surface area (Å²) in [6.07, 6.45) is -0.259. The van der Waals surface area contributed by atoms with Gasteiger partial charge in [-0.05, 0) is 35.4 Å². The predicted octanol–water partition coefficient (Wildman–Crippen LogP) is 1.75. The number of phenols is 3. The van der Waals surface area contributed by atoms with Gasteiger partial charge in [0.25, 0.3) is 0 Å². The van der Waals surface area contributed by atoms with E-state index in [2.05, 4.69) is 0 Å². The first-order chi connectivity index (χ1) is 11.7. The van der Waals surface area contributed by atoms with Crippen molar-refractivity contribution in [1.29, 1.82) is 0 Å². The summed E-state index contributed by atoms with van der Waals surface area (Å²) in [5.74, 6) is -2.14. The first-order valence-electron chi connectivity index (χ1n) is 7.03. The van der Waals surface area contributed by atoms with E-state index >= 15 is 0 Å². The lowest BCUT2D eigenvalue weighted by Gasteiger charge is -2.04. The average molecular weight is 350 g/mol. The zero-order chi connectivity index (χ0) is 19.0. The Hall–Kier alpha value is -3.42. The Morgan fingerprint density at radius 1 is 0.800 bits per heavy atom. The topological polar surface area (TPSA) is 145 Å². The van der Waals surface area contributed by atoms with Crippen molar-refractivity contribution < 1.29 is 39.9 Å². The van der Waals surface area contributed by atoms with Gasteiger partial charge in [0.2, 0.25) is 0 Å². The number of benzene rings is 2. The van der Waals surface area contributed by atoms with Gasteiger partial charge in [0.1, 0.15) is 0 Å². The van der Waals surface area contributed by atoms with Crippen LogP contribution in [0.4, 0.5) is 0 Å². The number of hydrogen-bond acceptors (Lipinski definition) is 6. The molecule has 2 rings (SSSR count). The Morgan fingerprint density at radius 2 is 1.28 bits per heavy atom. The molecule has 0 aliphatic rings. The van der Waals surface area contributed by atoms with Crippen molar-refractivity contribution in [2.24, 2.45) is 0 Å². The number of carbonyl (C=O) groups is 2. The summed E-state index contributed by atoms with van der Waals surface area (Å²) in [4.78, 5) is 20.5. The highest BCUT2D eigenvalue weighted by atomic mass is 16.5. The van der Waals surface area contributed by atoms with E-state index in [0.29, 0.717) is 16.9 Å². The summed E-state index contributed by atoms with van der Waals surface area (Å²) >= 11 is 0. The van der Waals surface area contributed by atoms with Gasteiger partial charge < -0.3 is 30.3 Å². The SMILES string of the molecule is COc1ccc(CC(=O)O)cc1O.O=C(O)Cc1ccc(O)c(O)c1. The molecular formula is C17H18O8. The third-order valence-corrected chi connectivity index (χ3v) is 2.99. The molecule has 0 heterocycles. The highest BCUT2D eigenvalue weighted by molar-refractivity contribution is 5.71. The number of hydrogen-bond donors (Lipinski definition) is 5. The second-order valence-electron chi connectivity index (χ2n) is 4.97. The molecule has 2 aromatic rings. The third-order valence-electron chi connectivity index (χ3n) is 2.99. The zero-order valence-electron chi connectivity index (χ0n) is 13.3. The maximum absolute atomic E-state index is 10.3. The molecule has 25 heavy (non-hydrogen) atoms. The van der Waals surface area contributed by atoms with Crippen molar-refractivity contribution in [3.05, 3.63) is 47.5 Å². The van der Waals surface area contributed by atoms with Gasteiger partial charge in [-0.2, -0.15) is 0 Å². The largest absolute Gasteiger partial charge is 0.504 e. The molecule has 0 saturated heterocycles. The van der Waals surface area contributed by atoms with Crippen molar-refractivity contribution in [2.75, 3.05) is 7.11 Å². The van der Waals surface area contributed by atoms with Crippen LogP contribution in [0.25, 0.3) is 0 Å². The van der Waals surface area contributed by atoms with Gasteiger partial charge in [-0.3, -0.25) is 9.59 Å². The Labute approximate surface area is 143 Å². The van der Waals surface area contributed by atoms with Crippen LogP contribution in [0.5, 0.6) is 23.0 Å². The number of carboxylic acid groups (broad SMARTS) is 2. The van der Waals surface area contributed by atoms with Crippen molar-refractivity contribution in [3.8, 4) is 23.0 Å². The van der Waals surface area contributed by atoms with Gasteiger partial charge in [0.05, 0.1) is 20.0 Å². The van der Waals surface area contributed by atoms with Gasteiger partial charge >= 0.3 is 11.9 Å². The molecule has 2 aromatic carbocycles.